The van der Waals surface area contributed by atoms with Gasteiger partial charge in [-0.1, -0.05) is 0 Å². The fourth-order valence-electron chi connectivity index (χ4n) is 1.07. The number of amides is 2. The van der Waals surface area contributed by atoms with E-state index in [4.69, 9.17) is 5.73 Å². The van der Waals surface area contributed by atoms with Crippen molar-refractivity contribution in [2.24, 2.45) is 5.73 Å². The Morgan fingerprint density at radius 2 is 1.88 bits per heavy atom. The molecule has 0 saturated carbocycles. The van der Waals surface area contributed by atoms with Crippen LogP contribution in [0, 0.1) is 0 Å². The number of hydrogen-bond acceptors (Lipinski definition) is 3. The Labute approximate surface area is 99.3 Å². The summed E-state index contributed by atoms with van der Waals surface area (Å²) in [7, 11) is 0. The van der Waals surface area contributed by atoms with Gasteiger partial charge in [-0.3, -0.25) is 0 Å². The molecule has 5 nitrogen and oxygen atoms in total. The van der Waals surface area contributed by atoms with Gasteiger partial charge in [-0.2, -0.15) is 0 Å². The van der Waals surface area contributed by atoms with Crippen LogP contribution in [0.4, 0.5) is 0 Å². The summed E-state index contributed by atoms with van der Waals surface area (Å²) in [4.78, 5) is 21.9. The van der Waals surface area contributed by atoms with E-state index >= 15 is 0 Å². The summed E-state index contributed by atoms with van der Waals surface area (Å²) in [6, 6.07) is 6.50. The normalized spacial score (nSPS) is 10.0. The van der Waals surface area contributed by atoms with E-state index in [1.807, 2.05) is 0 Å². The monoisotopic (exact) mass is 282 g/mol. The average molecular weight is 282 g/mol. The molecule has 0 radical (unpaired) electrons. The minimum absolute atomic E-state index is 0.120. The van der Waals surface area contributed by atoms with E-state index in [1.165, 1.54) is 0 Å². The molecule has 1 rings (SSSR count). The molecule has 0 atom stereocenters. The van der Waals surface area contributed by atoms with Crippen LogP contribution in [0.5, 0.6) is 0 Å². The van der Waals surface area contributed by atoms with Gasteiger partial charge in [0.05, 0.1) is 0 Å². The van der Waals surface area contributed by atoms with Crippen LogP contribution in [0.1, 0.15) is 16.8 Å². The minimum atomic E-state index is -1.06. The molecule has 0 aliphatic rings. The molecular formula is C10H11AsN2O3. The van der Waals surface area contributed by atoms with E-state index < -0.39 is 21.6 Å². The summed E-state index contributed by atoms with van der Waals surface area (Å²) in [5, 5.41) is 2.56. The topological polar surface area (TPSA) is 89.3 Å². The molecule has 0 saturated heterocycles. The van der Waals surface area contributed by atoms with Gasteiger partial charge in [-0.25, -0.2) is 0 Å². The molecule has 16 heavy (non-hydrogen) atoms. The summed E-state index contributed by atoms with van der Waals surface area (Å²) in [5.74, 6) is -0.721. The van der Waals surface area contributed by atoms with Crippen molar-refractivity contribution in [1.82, 2.24) is 5.32 Å². The van der Waals surface area contributed by atoms with Crippen molar-refractivity contribution in [1.29, 1.82) is 0 Å². The fraction of sp³-hybridized carbons (Fsp3) is 0.200. The Balaban J connectivity index is 2.52. The second kappa shape index (κ2) is 6.18. The first-order valence-corrected chi connectivity index (χ1v) is 6.34. The van der Waals surface area contributed by atoms with Gasteiger partial charge < -0.3 is 0 Å². The Morgan fingerprint density at radius 3 is 2.38 bits per heavy atom. The number of benzene rings is 1. The van der Waals surface area contributed by atoms with Crippen LogP contribution in [0.15, 0.2) is 24.3 Å². The van der Waals surface area contributed by atoms with Crippen molar-refractivity contribution in [3.8, 4) is 0 Å². The molecule has 0 aromatic heterocycles. The van der Waals surface area contributed by atoms with Crippen LogP contribution >= 0.6 is 0 Å². The molecule has 84 valence electrons. The predicted molar refractivity (Wildman–Crippen MR) is 58.7 cm³/mol. The fourth-order valence-corrected chi connectivity index (χ4v) is 1.64. The Hall–Kier alpha value is -1.48. The molecule has 0 heterocycles. The molecule has 0 unspecified atom stereocenters. The van der Waals surface area contributed by atoms with Crippen molar-refractivity contribution in [2.45, 2.75) is 6.42 Å². The van der Waals surface area contributed by atoms with Crippen LogP contribution < -0.4 is 15.4 Å². The van der Waals surface area contributed by atoms with Crippen LogP contribution in [-0.2, 0) is 8.53 Å². The molecule has 0 bridgehead atoms. The van der Waals surface area contributed by atoms with E-state index in [1.54, 1.807) is 24.3 Å². The standard InChI is InChI=1S/C10H11AsN2O3/c12-9(14)5-6-13-10(15)7-1-3-8(11-16)4-2-7/h1-4H,5-6H2,(H2,12,14)(H,13,15). The Kier molecular flexibility index (Phi) is 4.86. The summed E-state index contributed by atoms with van der Waals surface area (Å²) >= 11 is -1.06. The van der Waals surface area contributed by atoms with Crippen molar-refractivity contribution < 1.29 is 13.3 Å². The van der Waals surface area contributed by atoms with Crippen molar-refractivity contribution in [2.75, 3.05) is 6.54 Å². The molecule has 1 aromatic carbocycles. The van der Waals surface area contributed by atoms with Crippen LogP contribution in [-0.4, -0.2) is 34.1 Å². The van der Waals surface area contributed by atoms with Crippen LogP contribution in [0.3, 0.4) is 0 Å². The van der Waals surface area contributed by atoms with E-state index in [0.717, 1.165) is 4.35 Å². The maximum absolute atomic E-state index is 11.5. The third-order valence-electron chi connectivity index (χ3n) is 1.89. The number of carbonyl (C=O) groups excluding carboxylic acids is 2. The number of carbonyl (C=O) groups is 2. The zero-order valence-electron chi connectivity index (χ0n) is 8.47. The first-order chi connectivity index (χ1) is 7.63. The number of hydrogen-bond donors (Lipinski definition) is 2. The summed E-state index contributed by atoms with van der Waals surface area (Å²) < 4.78 is 11.3. The van der Waals surface area contributed by atoms with Gasteiger partial charge in [0.1, 0.15) is 0 Å². The van der Waals surface area contributed by atoms with E-state index in [-0.39, 0.29) is 18.9 Å². The van der Waals surface area contributed by atoms with Gasteiger partial charge in [0.25, 0.3) is 0 Å². The second-order valence-corrected chi connectivity index (χ2v) is 4.58. The number of nitrogens with two attached hydrogens (primary N) is 1. The summed E-state index contributed by atoms with van der Waals surface area (Å²) in [6.45, 7) is 0.226. The van der Waals surface area contributed by atoms with E-state index in [9.17, 15) is 13.3 Å². The zero-order valence-corrected chi connectivity index (χ0v) is 10.3. The van der Waals surface area contributed by atoms with Crippen molar-refractivity contribution in [3.63, 3.8) is 0 Å². The molecule has 1 aromatic rings. The molecular weight excluding hydrogens is 271 g/mol. The zero-order chi connectivity index (χ0) is 12.0. The van der Waals surface area contributed by atoms with Crippen LogP contribution in [0.25, 0.3) is 0 Å². The predicted octanol–water partition coefficient (Wildman–Crippen LogP) is -1.03. The van der Waals surface area contributed by atoms with Crippen LogP contribution in [0.2, 0.25) is 0 Å². The molecule has 0 spiro atoms. The van der Waals surface area contributed by atoms with Gasteiger partial charge in [0, 0.05) is 0 Å². The SMILES string of the molecule is NC(=O)CCNC(=O)c1ccc([As]=O)cc1. The van der Waals surface area contributed by atoms with E-state index in [0.29, 0.717) is 5.56 Å². The molecule has 0 fully saturated rings. The average Bonchev–Trinajstić information content (AvgIpc) is 2.28. The van der Waals surface area contributed by atoms with Gasteiger partial charge in [0.15, 0.2) is 0 Å². The Morgan fingerprint density at radius 1 is 1.25 bits per heavy atom. The summed E-state index contributed by atoms with van der Waals surface area (Å²) in [5.41, 5.74) is 5.41. The molecule has 0 aliphatic carbocycles. The van der Waals surface area contributed by atoms with Crippen molar-refractivity contribution in [3.05, 3.63) is 29.8 Å². The maximum atomic E-state index is 11.5. The summed E-state index contributed by atoms with van der Waals surface area (Å²) in [6.07, 6.45) is 0.120. The first kappa shape index (κ1) is 12.6. The Bertz CT molecular complexity index is 403. The molecule has 0 aliphatic heterocycles. The molecule has 2 amide bonds. The van der Waals surface area contributed by atoms with Gasteiger partial charge in [-0.15, -0.1) is 0 Å². The van der Waals surface area contributed by atoms with E-state index in [2.05, 4.69) is 5.32 Å². The van der Waals surface area contributed by atoms with Gasteiger partial charge in [0.2, 0.25) is 0 Å². The second-order valence-electron chi connectivity index (χ2n) is 3.11. The number of rotatable bonds is 5. The van der Waals surface area contributed by atoms with Crippen molar-refractivity contribution >= 4 is 31.9 Å². The third kappa shape index (κ3) is 3.95. The molecule has 3 N–H and O–H groups in total. The first-order valence-electron chi connectivity index (χ1n) is 4.63. The third-order valence-corrected chi connectivity index (χ3v) is 2.96. The quantitative estimate of drug-likeness (QED) is 0.676. The molecule has 6 heteroatoms. The van der Waals surface area contributed by atoms with Gasteiger partial charge >= 0.3 is 99.0 Å². The van der Waals surface area contributed by atoms with Gasteiger partial charge in [-0.05, 0) is 0 Å². The number of primary amides is 1. The number of nitrogens with one attached hydrogen (secondary N) is 1.